The number of morpholine rings is 1. The van der Waals surface area contributed by atoms with Gasteiger partial charge in [0.1, 0.15) is 17.3 Å². The number of nitrogens with zero attached hydrogens (tertiary/aromatic N) is 3. The number of hydrogen-bond acceptors (Lipinski definition) is 7. The molecule has 2 aromatic heterocycles. The minimum atomic E-state index is -0.241. The quantitative estimate of drug-likeness (QED) is 0.780. The van der Waals surface area contributed by atoms with Gasteiger partial charge in [0.15, 0.2) is 0 Å². The summed E-state index contributed by atoms with van der Waals surface area (Å²) in [4.78, 5) is 14.2. The van der Waals surface area contributed by atoms with Gasteiger partial charge in [0.25, 0.3) is 0 Å². The molecule has 0 radical (unpaired) electrons. The second-order valence-electron chi connectivity index (χ2n) is 9.25. The molecule has 1 saturated carbocycles. The molecule has 3 heterocycles. The van der Waals surface area contributed by atoms with E-state index in [1.165, 1.54) is 23.3 Å². The molecule has 2 aliphatic carbocycles. The molecule has 7 heteroatoms. The van der Waals surface area contributed by atoms with Crippen LogP contribution >= 0.6 is 11.3 Å². The van der Waals surface area contributed by atoms with E-state index in [4.69, 9.17) is 9.47 Å². The van der Waals surface area contributed by atoms with Crippen molar-refractivity contribution >= 4 is 21.6 Å². The van der Waals surface area contributed by atoms with Crippen LogP contribution in [0.2, 0.25) is 0 Å². The van der Waals surface area contributed by atoms with E-state index in [2.05, 4.69) is 14.9 Å². The molecule has 5 rings (SSSR count). The van der Waals surface area contributed by atoms with E-state index in [0.717, 1.165) is 80.9 Å². The average molecular weight is 432 g/mol. The number of fused-ring (bicyclic) bond motifs is 3. The molecular weight excluding hydrogens is 398 g/mol. The van der Waals surface area contributed by atoms with Gasteiger partial charge in [0.2, 0.25) is 5.88 Å². The predicted octanol–water partition coefficient (Wildman–Crippen LogP) is 3.59. The molecule has 0 spiro atoms. The molecule has 30 heavy (non-hydrogen) atoms. The first-order chi connectivity index (χ1) is 14.7. The van der Waals surface area contributed by atoms with Crippen molar-refractivity contribution in [3.63, 3.8) is 0 Å². The molecule has 1 aliphatic heterocycles. The molecule has 0 aromatic carbocycles. The number of ether oxygens (including phenoxy) is 2. The van der Waals surface area contributed by atoms with Gasteiger partial charge in [-0.25, -0.2) is 9.97 Å². The highest BCUT2D eigenvalue weighted by Gasteiger charge is 2.30. The molecule has 2 atom stereocenters. The van der Waals surface area contributed by atoms with Gasteiger partial charge in [-0.1, -0.05) is 0 Å². The van der Waals surface area contributed by atoms with Crippen molar-refractivity contribution in [1.82, 2.24) is 14.9 Å². The zero-order valence-corrected chi connectivity index (χ0v) is 18.7. The average Bonchev–Trinajstić information content (AvgIpc) is 3.13. The zero-order valence-electron chi connectivity index (χ0n) is 17.9. The van der Waals surface area contributed by atoms with Crippen LogP contribution in [0.4, 0.5) is 0 Å². The Morgan fingerprint density at radius 1 is 1.20 bits per heavy atom. The summed E-state index contributed by atoms with van der Waals surface area (Å²) in [6.45, 7) is 5.77. The monoisotopic (exact) mass is 431 g/mol. The van der Waals surface area contributed by atoms with Gasteiger partial charge in [0, 0.05) is 24.0 Å². The highest BCUT2D eigenvalue weighted by molar-refractivity contribution is 7.18. The fourth-order valence-electron chi connectivity index (χ4n) is 5.55. The van der Waals surface area contributed by atoms with Crippen LogP contribution in [-0.4, -0.2) is 64.5 Å². The van der Waals surface area contributed by atoms with Crippen LogP contribution < -0.4 is 4.74 Å². The van der Waals surface area contributed by atoms with Crippen LogP contribution in [0.1, 0.15) is 55.9 Å². The van der Waals surface area contributed by atoms with Crippen LogP contribution in [0.3, 0.4) is 0 Å². The van der Waals surface area contributed by atoms with E-state index < -0.39 is 0 Å². The zero-order chi connectivity index (χ0) is 20.5. The normalized spacial score (nSPS) is 28.9. The Balaban J connectivity index is 1.29. The predicted molar refractivity (Wildman–Crippen MR) is 118 cm³/mol. The van der Waals surface area contributed by atoms with Crippen molar-refractivity contribution in [2.75, 3.05) is 26.3 Å². The largest absolute Gasteiger partial charge is 0.474 e. The molecule has 164 valence electrons. The summed E-state index contributed by atoms with van der Waals surface area (Å²) in [5.41, 5.74) is 1.38. The van der Waals surface area contributed by atoms with Crippen molar-refractivity contribution in [2.24, 2.45) is 5.92 Å². The molecular formula is C23H33N3O3S. The molecule has 2 fully saturated rings. The van der Waals surface area contributed by atoms with Crippen molar-refractivity contribution in [2.45, 2.75) is 76.5 Å². The van der Waals surface area contributed by atoms with Gasteiger partial charge in [-0.15, -0.1) is 11.3 Å². The second kappa shape index (κ2) is 9.07. The molecule has 1 N–H and O–H groups in total. The third-order valence-electron chi connectivity index (χ3n) is 7.07. The molecule has 0 amide bonds. The highest BCUT2D eigenvalue weighted by atomic mass is 32.1. The summed E-state index contributed by atoms with van der Waals surface area (Å²) < 4.78 is 12.0. The number of aliphatic hydroxyl groups is 1. The van der Waals surface area contributed by atoms with E-state index in [1.54, 1.807) is 17.7 Å². The van der Waals surface area contributed by atoms with Crippen molar-refractivity contribution in [3.05, 3.63) is 16.8 Å². The highest BCUT2D eigenvalue weighted by Crippen LogP contribution is 2.42. The number of aromatic nitrogens is 2. The van der Waals surface area contributed by atoms with Crippen molar-refractivity contribution in [3.8, 4) is 5.88 Å². The standard InChI is InChI=1S/C23H33N3O3S/c1-15(27)12-16-2-7-20-19(13-16)21-22(24-14-25-23(21)30-20)29-18-5-3-17(4-6-18)26-8-10-28-11-9-26/h14-18,27H,2-13H2,1H3. The first-order valence-electron chi connectivity index (χ1n) is 11.6. The summed E-state index contributed by atoms with van der Waals surface area (Å²) in [5.74, 6) is 1.32. The minimum Gasteiger partial charge on any atom is -0.474 e. The molecule has 2 aromatic rings. The van der Waals surface area contributed by atoms with E-state index >= 15 is 0 Å². The molecule has 3 aliphatic rings. The molecule has 6 nitrogen and oxygen atoms in total. The Hall–Kier alpha value is -1.28. The number of aliphatic hydroxyl groups excluding tert-OH is 1. The number of hydrogen-bond donors (Lipinski definition) is 1. The van der Waals surface area contributed by atoms with Gasteiger partial charge >= 0.3 is 0 Å². The van der Waals surface area contributed by atoms with Gasteiger partial charge in [-0.2, -0.15) is 0 Å². The molecule has 0 bridgehead atoms. The van der Waals surface area contributed by atoms with E-state index in [1.807, 2.05) is 6.92 Å². The van der Waals surface area contributed by atoms with Crippen molar-refractivity contribution < 1.29 is 14.6 Å². The van der Waals surface area contributed by atoms with Gasteiger partial charge in [0.05, 0.1) is 24.7 Å². The first kappa shape index (κ1) is 20.6. The van der Waals surface area contributed by atoms with Crippen LogP contribution in [0.5, 0.6) is 5.88 Å². The van der Waals surface area contributed by atoms with E-state index in [0.29, 0.717) is 12.0 Å². The SMILES string of the molecule is CC(O)CC1CCc2sc3ncnc(OC4CCC(N5CCOCC5)CC4)c3c2C1. The lowest BCUT2D eigenvalue weighted by molar-refractivity contribution is -0.00126. The van der Waals surface area contributed by atoms with Crippen LogP contribution in [0.25, 0.3) is 10.2 Å². The second-order valence-corrected chi connectivity index (χ2v) is 10.3. The molecule has 1 saturated heterocycles. The van der Waals surface area contributed by atoms with Crippen LogP contribution in [0.15, 0.2) is 6.33 Å². The first-order valence-corrected chi connectivity index (χ1v) is 12.4. The summed E-state index contributed by atoms with van der Waals surface area (Å²) >= 11 is 1.80. The fraction of sp³-hybridized carbons (Fsp3) is 0.739. The van der Waals surface area contributed by atoms with Gasteiger partial charge in [-0.05, 0) is 69.8 Å². The Morgan fingerprint density at radius 2 is 2.00 bits per heavy atom. The van der Waals surface area contributed by atoms with E-state index in [9.17, 15) is 5.11 Å². The van der Waals surface area contributed by atoms with Gasteiger partial charge in [-0.3, -0.25) is 4.90 Å². The number of aryl methyl sites for hydroxylation is 1. The third kappa shape index (κ3) is 4.35. The maximum Gasteiger partial charge on any atom is 0.225 e. The molecule has 2 unspecified atom stereocenters. The Morgan fingerprint density at radius 3 is 2.77 bits per heavy atom. The smallest absolute Gasteiger partial charge is 0.225 e. The maximum atomic E-state index is 9.85. The summed E-state index contributed by atoms with van der Waals surface area (Å²) in [6.07, 6.45) is 10.3. The lowest BCUT2D eigenvalue weighted by Crippen LogP contribution is -2.46. The topological polar surface area (TPSA) is 67.7 Å². The lowest BCUT2D eigenvalue weighted by atomic mass is 9.84. The maximum absolute atomic E-state index is 9.85. The van der Waals surface area contributed by atoms with Crippen LogP contribution in [0, 0.1) is 5.92 Å². The number of rotatable bonds is 5. The summed E-state index contributed by atoms with van der Waals surface area (Å²) in [6, 6.07) is 0.675. The third-order valence-corrected chi connectivity index (χ3v) is 8.27. The van der Waals surface area contributed by atoms with Gasteiger partial charge < -0.3 is 14.6 Å². The minimum absolute atomic E-state index is 0.241. The Bertz CT molecular complexity index is 857. The Labute approximate surface area is 182 Å². The fourth-order valence-corrected chi connectivity index (χ4v) is 6.73. The lowest BCUT2D eigenvalue weighted by Gasteiger charge is -2.38. The van der Waals surface area contributed by atoms with E-state index in [-0.39, 0.29) is 12.2 Å². The van der Waals surface area contributed by atoms with Crippen molar-refractivity contribution in [1.29, 1.82) is 0 Å². The summed E-state index contributed by atoms with van der Waals surface area (Å²) in [7, 11) is 0. The number of thiophene rings is 1. The Kier molecular flexibility index (Phi) is 6.23. The summed E-state index contributed by atoms with van der Waals surface area (Å²) in [5, 5.41) is 11.0. The van der Waals surface area contributed by atoms with Crippen LogP contribution in [-0.2, 0) is 17.6 Å².